The molecule has 3 aromatic rings. The third-order valence-corrected chi connectivity index (χ3v) is 7.17. The summed E-state index contributed by atoms with van der Waals surface area (Å²) in [5, 5.41) is 3.78. The second-order valence-corrected chi connectivity index (χ2v) is 9.24. The van der Waals surface area contributed by atoms with Crippen molar-refractivity contribution in [3.63, 3.8) is 0 Å². The second kappa shape index (κ2) is 10.1. The molecule has 3 rings (SSSR count). The van der Waals surface area contributed by atoms with Gasteiger partial charge in [-0.15, -0.1) is 0 Å². The molecule has 0 radical (unpaired) electrons. The molecule has 0 amide bonds. The van der Waals surface area contributed by atoms with Crippen molar-refractivity contribution in [2.45, 2.75) is 19.9 Å². The molecule has 0 aliphatic heterocycles. The molecule has 29 heavy (non-hydrogen) atoms. The molecule has 0 aliphatic carbocycles. The average molecular weight is 403 g/mol. The Kier molecular flexibility index (Phi) is 7.32. The van der Waals surface area contributed by atoms with Crippen molar-refractivity contribution >= 4 is 36.0 Å². The van der Waals surface area contributed by atoms with E-state index in [2.05, 4.69) is 71.7 Å². The highest BCUT2D eigenvalue weighted by Crippen LogP contribution is 2.33. The number of rotatable bonds is 7. The molecule has 0 spiro atoms. The van der Waals surface area contributed by atoms with Gasteiger partial charge in [0.2, 0.25) is 0 Å². The van der Waals surface area contributed by atoms with Gasteiger partial charge in [0.15, 0.2) is 0 Å². The van der Waals surface area contributed by atoms with Crippen molar-refractivity contribution in [1.29, 1.82) is 0 Å². The van der Waals surface area contributed by atoms with E-state index in [-0.39, 0.29) is 11.9 Å². The summed E-state index contributed by atoms with van der Waals surface area (Å²) in [7, 11) is 0.669. The number of hydrogen-bond donors (Lipinski definition) is 0. The maximum absolute atomic E-state index is 12.1. The first kappa shape index (κ1) is 21.0. The van der Waals surface area contributed by atoms with Gasteiger partial charge in [-0.1, -0.05) is 98.8 Å². The van der Waals surface area contributed by atoms with E-state index >= 15 is 0 Å². The standard InChI is InChI=1S/C25H26NO2P/c1-19(2)24(25(27)28-3)26-18-20-12-10-11-17-23(20)29(21-13-6-4-7-14-21)22-15-8-5-9-16-22/h4-19,24H,1-3H3. The van der Waals surface area contributed by atoms with Crippen LogP contribution in [0.15, 0.2) is 89.9 Å². The van der Waals surface area contributed by atoms with E-state index in [1.807, 2.05) is 38.3 Å². The van der Waals surface area contributed by atoms with Gasteiger partial charge in [0.25, 0.3) is 0 Å². The first-order chi connectivity index (χ1) is 14.1. The summed E-state index contributed by atoms with van der Waals surface area (Å²) in [6.45, 7) is 3.96. The zero-order valence-electron chi connectivity index (χ0n) is 17.0. The lowest BCUT2D eigenvalue weighted by Crippen LogP contribution is -2.27. The van der Waals surface area contributed by atoms with Crippen LogP contribution in [0.4, 0.5) is 0 Å². The largest absolute Gasteiger partial charge is 0.467 e. The van der Waals surface area contributed by atoms with Crippen molar-refractivity contribution in [2.24, 2.45) is 10.9 Å². The van der Waals surface area contributed by atoms with Gasteiger partial charge in [0.05, 0.1) is 7.11 Å². The molecule has 0 heterocycles. The van der Waals surface area contributed by atoms with Crippen LogP contribution in [0.2, 0.25) is 0 Å². The zero-order valence-corrected chi connectivity index (χ0v) is 17.9. The third-order valence-electron chi connectivity index (χ3n) is 4.65. The van der Waals surface area contributed by atoms with Gasteiger partial charge in [-0.3, -0.25) is 4.99 Å². The molecule has 1 unspecified atom stereocenters. The van der Waals surface area contributed by atoms with Gasteiger partial charge in [-0.2, -0.15) is 0 Å². The van der Waals surface area contributed by atoms with Crippen LogP contribution in [0.25, 0.3) is 0 Å². The first-order valence-corrected chi connectivity index (χ1v) is 11.1. The summed E-state index contributed by atoms with van der Waals surface area (Å²) < 4.78 is 4.93. The van der Waals surface area contributed by atoms with Gasteiger partial charge < -0.3 is 4.74 Å². The van der Waals surface area contributed by atoms with Gasteiger partial charge in [-0.05, 0) is 29.8 Å². The molecule has 0 N–H and O–H groups in total. The Morgan fingerprint density at radius 2 is 1.38 bits per heavy atom. The highest BCUT2D eigenvalue weighted by molar-refractivity contribution is 7.80. The zero-order chi connectivity index (χ0) is 20.6. The molecule has 0 saturated carbocycles. The lowest BCUT2D eigenvalue weighted by atomic mass is 10.1. The minimum Gasteiger partial charge on any atom is -0.467 e. The van der Waals surface area contributed by atoms with Crippen molar-refractivity contribution in [2.75, 3.05) is 7.11 Å². The van der Waals surface area contributed by atoms with E-state index in [1.54, 1.807) is 0 Å². The second-order valence-electron chi connectivity index (χ2n) is 7.06. The van der Waals surface area contributed by atoms with E-state index in [4.69, 9.17) is 4.74 Å². The quantitative estimate of drug-likeness (QED) is 0.339. The van der Waals surface area contributed by atoms with Crippen LogP contribution in [0.5, 0.6) is 0 Å². The Morgan fingerprint density at radius 3 is 1.90 bits per heavy atom. The first-order valence-electron chi connectivity index (χ1n) is 9.72. The molecule has 3 nitrogen and oxygen atoms in total. The Morgan fingerprint density at radius 1 is 0.862 bits per heavy atom. The van der Waals surface area contributed by atoms with Gasteiger partial charge >= 0.3 is 5.97 Å². The van der Waals surface area contributed by atoms with Crippen LogP contribution in [0.3, 0.4) is 0 Å². The van der Waals surface area contributed by atoms with Crippen LogP contribution in [-0.2, 0) is 9.53 Å². The lowest BCUT2D eigenvalue weighted by Gasteiger charge is -2.21. The van der Waals surface area contributed by atoms with Crippen LogP contribution >= 0.6 is 7.92 Å². The number of carbonyl (C=O) groups is 1. The summed E-state index contributed by atoms with van der Waals surface area (Å²) >= 11 is 0. The Labute approximate surface area is 174 Å². The number of aliphatic imine (C=N–C) groups is 1. The molecule has 0 aromatic heterocycles. The number of carbonyl (C=O) groups excluding carboxylic acids is 1. The molecular weight excluding hydrogens is 377 g/mol. The Balaban J connectivity index is 2.07. The van der Waals surface area contributed by atoms with Gasteiger partial charge in [-0.25, -0.2) is 4.79 Å². The van der Waals surface area contributed by atoms with Crippen molar-refractivity contribution in [1.82, 2.24) is 0 Å². The highest BCUT2D eigenvalue weighted by Gasteiger charge is 2.22. The summed E-state index contributed by atoms with van der Waals surface area (Å²) in [6, 6.07) is 28.9. The van der Waals surface area contributed by atoms with Crippen molar-refractivity contribution in [3.8, 4) is 0 Å². The van der Waals surface area contributed by atoms with Crippen molar-refractivity contribution in [3.05, 3.63) is 90.5 Å². The van der Waals surface area contributed by atoms with Gasteiger partial charge in [0, 0.05) is 11.8 Å². The summed E-state index contributed by atoms with van der Waals surface area (Å²) in [6.07, 6.45) is 1.83. The highest BCUT2D eigenvalue weighted by atomic mass is 31.1. The number of benzene rings is 3. The molecule has 0 saturated heterocycles. The fraction of sp³-hybridized carbons (Fsp3) is 0.200. The fourth-order valence-corrected chi connectivity index (χ4v) is 5.59. The number of esters is 1. The van der Waals surface area contributed by atoms with E-state index in [0.717, 1.165) is 5.56 Å². The molecular formula is C25H26NO2P. The number of hydrogen-bond acceptors (Lipinski definition) is 3. The number of nitrogens with zero attached hydrogens (tertiary/aromatic N) is 1. The minimum atomic E-state index is -0.739. The normalized spacial score (nSPS) is 12.4. The Hall–Kier alpha value is -2.77. The monoisotopic (exact) mass is 403 g/mol. The average Bonchev–Trinajstić information content (AvgIpc) is 2.76. The maximum atomic E-state index is 12.1. The Bertz CT molecular complexity index is 915. The molecule has 0 aliphatic rings. The fourth-order valence-electron chi connectivity index (χ4n) is 3.17. The molecule has 0 bridgehead atoms. The van der Waals surface area contributed by atoms with Crippen LogP contribution in [0.1, 0.15) is 19.4 Å². The topological polar surface area (TPSA) is 38.7 Å². The SMILES string of the molecule is COC(=O)C(N=Cc1ccccc1P(c1ccccc1)c1ccccc1)C(C)C. The summed E-state index contributed by atoms with van der Waals surface area (Å²) in [4.78, 5) is 16.7. The molecule has 3 aromatic carbocycles. The molecule has 4 heteroatoms. The van der Waals surface area contributed by atoms with E-state index in [1.165, 1.54) is 23.0 Å². The predicted molar refractivity (Wildman–Crippen MR) is 123 cm³/mol. The molecule has 0 fully saturated rings. The van der Waals surface area contributed by atoms with E-state index < -0.39 is 14.0 Å². The molecule has 1 atom stereocenters. The number of methoxy groups -OCH3 is 1. The summed E-state index contributed by atoms with van der Waals surface area (Å²) in [5.41, 5.74) is 1.03. The smallest absolute Gasteiger partial charge is 0.330 e. The van der Waals surface area contributed by atoms with Gasteiger partial charge in [0.1, 0.15) is 6.04 Å². The maximum Gasteiger partial charge on any atom is 0.330 e. The van der Waals surface area contributed by atoms with E-state index in [9.17, 15) is 4.79 Å². The van der Waals surface area contributed by atoms with Crippen molar-refractivity contribution < 1.29 is 9.53 Å². The van der Waals surface area contributed by atoms with Crippen LogP contribution < -0.4 is 15.9 Å². The lowest BCUT2D eigenvalue weighted by molar-refractivity contribution is -0.143. The summed E-state index contributed by atoms with van der Waals surface area (Å²) in [5.74, 6) is -0.238. The van der Waals surface area contributed by atoms with E-state index in [0.29, 0.717) is 0 Å². The molecule has 148 valence electrons. The minimum absolute atomic E-state index is 0.0654. The number of ether oxygens (including phenoxy) is 1. The predicted octanol–water partition coefficient (Wildman–Crippen LogP) is 4.06. The van der Waals surface area contributed by atoms with Crippen LogP contribution in [-0.4, -0.2) is 25.3 Å². The third kappa shape index (κ3) is 5.19. The van der Waals surface area contributed by atoms with Crippen LogP contribution in [0, 0.1) is 5.92 Å².